The first kappa shape index (κ1) is 19.4. The lowest BCUT2D eigenvalue weighted by Gasteiger charge is -2.10. The average molecular weight is 429 g/mol. The summed E-state index contributed by atoms with van der Waals surface area (Å²) in [6.07, 6.45) is 0. The van der Waals surface area contributed by atoms with Crippen LogP contribution in [0.15, 0.2) is 47.6 Å². The van der Waals surface area contributed by atoms with E-state index >= 15 is 0 Å². The van der Waals surface area contributed by atoms with Gasteiger partial charge in [0.25, 0.3) is 0 Å². The van der Waals surface area contributed by atoms with Crippen LogP contribution in [-0.4, -0.2) is 14.8 Å². The molecule has 3 aromatic rings. The lowest BCUT2D eigenvalue weighted by molar-refractivity contribution is 0.288. The molecule has 0 bridgehead atoms. The number of hydrogen-bond donors (Lipinski definition) is 0. The molecule has 8 heteroatoms. The highest BCUT2D eigenvalue weighted by molar-refractivity contribution is 7.98. The zero-order valence-electron chi connectivity index (χ0n) is 14.0. The molecule has 0 aliphatic heterocycles. The Kier molecular flexibility index (Phi) is 6.70. The zero-order valence-corrected chi connectivity index (χ0v) is 17.0. The van der Waals surface area contributed by atoms with Gasteiger partial charge >= 0.3 is 0 Å². The number of ether oxygens (including phenoxy) is 1. The third-order valence-electron chi connectivity index (χ3n) is 3.67. The molecule has 0 radical (unpaired) electrons. The fourth-order valence-electron chi connectivity index (χ4n) is 2.34. The van der Waals surface area contributed by atoms with Crippen LogP contribution in [0, 0.1) is 0 Å². The van der Waals surface area contributed by atoms with Gasteiger partial charge in [-0.2, -0.15) is 0 Å². The van der Waals surface area contributed by atoms with Crippen molar-refractivity contribution in [3.63, 3.8) is 0 Å². The monoisotopic (exact) mass is 427 g/mol. The van der Waals surface area contributed by atoms with Gasteiger partial charge < -0.3 is 9.30 Å². The van der Waals surface area contributed by atoms with Crippen LogP contribution in [0.25, 0.3) is 0 Å². The van der Waals surface area contributed by atoms with Crippen molar-refractivity contribution in [3.8, 4) is 5.75 Å². The third-order valence-corrected chi connectivity index (χ3v) is 5.59. The maximum Gasteiger partial charge on any atom is 0.191 e. The number of thioether (sulfide) groups is 1. The molecule has 0 atom stereocenters. The lowest BCUT2D eigenvalue weighted by Crippen LogP contribution is -2.07. The summed E-state index contributed by atoms with van der Waals surface area (Å²) in [5.41, 5.74) is 1.00. The first-order chi connectivity index (χ1) is 12.6. The summed E-state index contributed by atoms with van der Waals surface area (Å²) in [6.45, 7) is 3.08. The van der Waals surface area contributed by atoms with Crippen molar-refractivity contribution in [3.05, 3.63) is 68.9 Å². The van der Waals surface area contributed by atoms with E-state index in [-0.39, 0.29) is 0 Å². The fourth-order valence-corrected chi connectivity index (χ4v) is 4.11. The van der Waals surface area contributed by atoms with Gasteiger partial charge in [0.05, 0.1) is 5.02 Å². The van der Waals surface area contributed by atoms with Crippen molar-refractivity contribution in [2.24, 2.45) is 0 Å². The van der Waals surface area contributed by atoms with E-state index in [1.807, 2.05) is 41.8 Å². The molecule has 136 valence electrons. The van der Waals surface area contributed by atoms with Crippen LogP contribution in [-0.2, 0) is 18.9 Å². The Hall–Kier alpha value is -1.40. The van der Waals surface area contributed by atoms with E-state index in [2.05, 4.69) is 10.2 Å². The molecule has 0 saturated carbocycles. The third kappa shape index (κ3) is 4.65. The van der Waals surface area contributed by atoms with Gasteiger partial charge in [-0.15, -0.1) is 10.2 Å². The van der Waals surface area contributed by atoms with E-state index in [1.54, 1.807) is 23.9 Å². The highest BCUT2D eigenvalue weighted by Gasteiger charge is 2.13. The zero-order chi connectivity index (χ0) is 18.5. The summed E-state index contributed by atoms with van der Waals surface area (Å²) in [6, 6.07) is 12.9. The van der Waals surface area contributed by atoms with Crippen LogP contribution in [0.2, 0.25) is 15.1 Å². The van der Waals surface area contributed by atoms with Gasteiger partial charge in [-0.1, -0.05) is 64.8 Å². The van der Waals surface area contributed by atoms with Crippen LogP contribution in [0.5, 0.6) is 5.75 Å². The number of hydrogen-bond acceptors (Lipinski definition) is 4. The van der Waals surface area contributed by atoms with E-state index in [1.165, 1.54) is 0 Å². The predicted molar refractivity (Wildman–Crippen MR) is 108 cm³/mol. The molecule has 0 unspecified atom stereocenters. The van der Waals surface area contributed by atoms with E-state index in [9.17, 15) is 0 Å². The summed E-state index contributed by atoms with van der Waals surface area (Å²) in [5, 5.41) is 11.2. The van der Waals surface area contributed by atoms with Gasteiger partial charge in [-0.05, 0) is 36.8 Å². The number of aromatic nitrogens is 3. The van der Waals surface area contributed by atoms with E-state index in [0.29, 0.717) is 33.2 Å². The molecule has 26 heavy (non-hydrogen) atoms. The topological polar surface area (TPSA) is 39.9 Å². The molecule has 0 N–H and O–H groups in total. The van der Waals surface area contributed by atoms with Crippen molar-refractivity contribution in [1.82, 2.24) is 14.8 Å². The second kappa shape index (κ2) is 9.00. The Bertz CT molecular complexity index is 901. The van der Waals surface area contributed by atoms with Crippen molar-refractivity contribution in [2.45, 2.75) is 31.0 Å². The first-order valence-electron chi connectivity index (χ1n) is 7.94. The van der Waals surface area contributed by atoms with Crippen molar-refractivity contribution in [2.75, 3.05) is 0 Å². The predicted octanol–water partition coefficient (Wildman–Crippen LogP) is 6.13. The number of benzene rings is 2. The Labute approximate surface area is 171 Å². The highest BCUT2D eigenvalue weighted by Crippen LogP contribution is 2.29. The van der Waals surface area contributed by atoms with Crippen LogP contribution in [0.4, 0.5) is 0 Å². The van der Waals surface area contributed by atoms with Crippen LogP contribution in [0.3, 0.4) is 0 Å². The lowest BCUT2D eigenvalue weighted by atomic mass is 10.2. The molecule has 0 aliphatic rings. The second-order valence-corrected chi connectivity index (χ2v) is 7.58. The first-order valence-corrected chi connectivity index (χ1v) is 10.1. The van der Waals surface area contributed by atoms with Gasteiger partial charge in [0.15, 0.2) is 11.0 Å². The highest BCUT2D eigenvalue weighted by atomic mass is 35.5. The SMILES string of the molecule is CCn1c(COc2ccccc2Cl)nnc1SCc1ccc(Cl)cc1Cl. The molecule has 4 nitrogen and oxygen atoms in total. The second-order valence-electron chi connectivity index (χ2n) is 5.39. The van der Waals surface area contributed by atoms with Crippen LogP contribution >= 0.6 is 46.6 Å². The summed E-state index contributed by atoms with van der Waals surface area (Å²) in [5.74, 6) is 2.05. The maximum absolute atomic E-state index is 6.23. The summed E-state index contributed by atoms with van der Waals surface area (Å²) >= 11 is 19.9. The molecule has 1 aromatic heterocycles. The Morgan fingerprint density at radius 3 is 2.58 bits per heavy atom. The summed E-state index contributed by atoms with van der Waals surface area (Å²) in [4.78, 5) is 0. The molecule has 0 spiro atoms. The molecule has 1 heterocycles. The molecule has 3 rings (SSSR count). The normalized spacial score (nSPS) is 10.9. The minimum atomic E-state index is 0.298. The number of rotatable bonds is 7. The van der Waals surface area contributed by atoms with Crippen molar-refractivity contribution < 1.29 is 4.74 Å². The Morgan fingerprint density at radius 1 is 1.04 bits per heavy atom. The molecular weight excluding hydrogens is 413 g/mol. The van der Waals surface area contributed by atoms with Gasteiger partial charge in [0, 0.05) is 22.3 Å². The van der Waals surface area contributed by atoms with Crippen LogP contribution < -0.4 is 4.74 Å². The van der Waals surface area contributed by atoms with Crippen LogP contribution in [0.1, 0.15) is 18.3 Å². The summed E-state index contributed by atoms with van der Waals surface area (Å²) < 4.78 is 7.79. The van der Waals surface area contributed by atoms with Gasteiger partial charge in [0.1, 0.15) is 12.4 Å². The Morgan fingerprint density at radius 2 is 1.85 bits per heavy atom. The van der Waals surface area contributed by atoms with E-state index in [4.69, 9.17) is 39.5 Å². The van der Waals surface area contributed by atoms with Crippen molar-refractivity contribution in [1.29, 1.82) is 0 Å². The minimum Gasteiger partial charge on any atom is -0.484 e. The average Bonchev–Trinajstić information content (AvgIpc) is 3.02. The number of halogens is 3. The minimum absolute atomic E-state index is 0.298. The summed E-state index contributed by atoms with van der Waals surface area (Å²) in [7, 11) is 0. The number of nitrogens with zero attached hydrogens (tertiary/aromatic N) is 3. The molecular formula is C18H16Cl3N3OS. The quantitative estimate of drug-likeness (QED) is 0.424. The molecule has 0 saturated heterocycles. The molecule has 0 fully saturated rings. The van der Waals surface area contributed by atoms with E-state index in [0.717, 1.165) is 23.1 Å². The van der Waals surface area contributed by atoms with Crippen molar-refractivity contribution >= 4 is 46.6 Å². The number of para-hydroxylation sites is 1. The molecule has 0 aliphatic carbocycles. The van der Waals surface area contributed by atoms with E-state index < -0.39 is 0 Å². The van der Waals surface area contributed by atoms with Gasteiger partial charge in [-0.3, -0.25) is 0 Å². The smallest absolute Gasteiger partial charge is 0.191 e. The maximum atomic E-state index is 6.23. The Balaban J connectivity index is 1.68. The molecule has 2 aromatic carbocycles. The van der Waals surface area contributed by atoms with Gasteiger partial charge in [0.2, 0.25) is 0 Å². The largest absolute Gasteiger partial charge is 0.484 e. The van der Waals surface area contributed by atoms with Gasteiger partial charge in [-0.25, -0.2) is 0 Å². The molecule has 0 amide bonds. The standard InChI is InChI=1S/C18H16Cl3N3OS/c1-2-24-17(10-25-16-6-4-3-5-14(16)20)22-23-18(24)26-11-12-7-8-13(19)9-15(12)21/h3-9H,2,10-11H2,1H3. The fraction of sp³-hybridized carbons (Fsp3) is 0.222.